The SMILES string of the molecule is [CH2-]CCCCN.[U]. The molecule has 2 N–H and O–H groups in total. The first-order valence-corrected chi connectivity index (χ1v) is 2.41. The molecule has 7 heavy (non-hydrogen) atoms. The van der Waals surface area contributed by atoms with E-state index in [4.69, 9.17) is 5.73 Å². The molecule has 0 bridgehead atoms. The first-order valence-electron chi connectivity index (χ1n) is 2.41. The molecular formula is C5H12NU-. The number of rotatable bonds is 3. The predicted octanol–water partition coefficient (Wildman–Crippen LogP) is 0.949. The smallest absolute Gasteiger partial charge is 0 e. The Hall–Kier alpha value is 1.01. The minimum absolute atomic E-state index is 0. The first-order chi connectivity index (χ1) is 2.91. The van der Waals surface area contributed by atoms with Crippen LogP contribution in [-0.2, 0) is 0 Å². The van der Waals surface area contributed by atoms with Crippen molar-refractivity contribution >= 4 is 0 Å². The van der Waals surface area contributed by atoms with E-state index < -0.39 is 0 Å². The summed E-state index contributed by atoms with van der Waals surface area (Å²) in [5.41, 5.74) is 5.19. The zero-order valence-electron chi connectivity index (χ0n) is 4.61. The van der Waals surface area contributed by atoms with Crippen molar-refractivity contribution in [3.63, 3.8) is 0 Å². The maximum absolute atomic E-state index is 5.19. The number of hydrogen-bond donors (Lipinski definition) is 1. The van der Waals surface area contributed by atoms with Gasteiger partial charge >= 0.3 is 0 Å². The van der Waals surface area contributed by atoms with Crippen LogP contribution >= 0.6 is 0 Å². The van der Waals surface area contributed by atoms with Gasteiger partial charge in [0.2, 0.25) is 0 Å². The Bertz CT molecular complexity index is 20.0. The van der Waals surface area contributed by atoms with Crippen molar-refractivity contribution in [1.29, 1.82) is 0 Å². The molecule has 0 saturated carbocycles. The first kappa shape index (κ1) is 10.9. The molecule has 0 aliphatic heterocycles. The van der Waals surface area contributed by atoms with Gasteiger partial charge in [-0.05, 0) is 13.0 Å². The molecule has 0 aromatic carbocycles. The maximum Gasteiger partial charge on any atom is 0 e. The third-order valence-electron chi connectivity index (χ3n) is 0.704. The van der Waals surface area contributed by atoms with Crippen LogP contribution in [0.2, 0.25) is 0 Å². The van der Waals surface area contributed by atoms with Gasteiger partial charge in [-0.2, -0.15) is 6.42 Å². The van der Waals surface area contributed by atoms with Gasteiger partial charge < -0.3 is 12.7 Å². The van der Waals surface area contributed by atoms with Crippen molar-refractivity contribution in [2.75, 3.05) is 6.54 Å². The summed E-state index contributed by atoms with van der Waals surface area (Å²) in [6.45, 7) is 4.48. The topological polar surface area (TPSA) is 26.0 Å². The van der Waals surface area contributed by atoms with Crippen LogP contribution in [0.4, 0.5) is 0 Å². The van der Waals surface area contributed by atoms with Gasteiger partial charge in [0.05, 0.1) is 0 Å². The second-order valence-electron chi connectivity index (χ2n) is 1.35. The van der Waals surface area contributed by atoms with Gasteiger partial charge in [-0.25, -0.2) is 0 Å². The Morgan fingerprint density at radius 3 is 2.00 bits per heavy atom. The summed E-state index contributed by atoms with van der Waals surface area (Å²) in [6, 6.07) is 0. The number of nitrogens with two attached hydrogens (primary N) is 1. The molecule has 0 unspecified atom stereocenters. The third kappa shape index (κ3) is 10.9. The van der Waals surface area contributed by atoms with Crippen LogP contribution in [0.3, 0.4) is 0 Å². The summed E-state index contributed by atoms with van der Waals surface area (Å²) in [6.07, 6.45) is 3.33. The standard InChI is InChI=1S/C5H12N.U/c1-2-3-4-5-6;/h1-6H2;/q-1;. The minimum atomic E-state index is 0. The van der Waals surface area contributed by atoms with Crippen LogP contribution in [0.25, 0.3) is 0 Å². The molecular weight excluding hydrogens is 312 g/mol. The average Bonchev–Trinajstić information content (AvgIpc) is 1.61. The molecule has 0 rings (SSSR count). The van der Waals surface area contributed by atoms with E-state index in [1.165, 1.54) is 6.42 Å². The Labute approximate surface area is 69.4 Å². The van der Waals surface area contributed by atoms with E-state index in [0.29, 0.717) is 0 Å². The van der Waals surface area contributed by atoms with Crippen LogP contribution in [0.1, 0.15) is 19.3 Å². The summed E-state index contributed by atoms with van der Waals surface area (Å²) in [5, 5.41) is 0. The number of unbranched alkanes of at least 4 members (excludes halogenated alkanes) is 2. The molecule has 0 aromatic heterocycles. The van der Waals surface area contributed by atoms with Gasteiger partial charge in [0.25, 0.3) is 0 Å². The van der Waals surface area contributed by atoms with Crippen molar-refractivity contribution in [2.45, 2.75) is 19.3 Å². The monoisotopic (exact) mass is 324 g/mol. The van der Waals surface area contributed by atoms with Gasteiger partial charge in [0.15, 0.2) is 0 Å². The fraction of sp³-hybridized carbons (Fsp3) is 0.800. The Morgan fingerprint density at radius 1 is 1.29 bits per heavy atom. The largest absolute Gasteiger partial charge is 0.343 e. The normalized spacial score (nSPS) is 7.71. The van der Waals surface area contributed by atoms with Gasteiger partial charge in [0.1, 0.15) is 0 Å². The predicted molar refractivity (Wildman–Crippen MR) is 28.3 cm³/mol. The summed E-state index contributed by atoms with van der Waals surface area (Å²) in [7, 11) is 0. The van der Waals surface area contributed by atoms with Gasteiger partial charge in [-0.1, -0.05) is 6.42 Å². The minimum Gasteiger partial charge on any atom is -0.343 e. The van der Waals surface area contributed by atoms with Gasteiger partial charge in [-0.15, -0.1) is 0 Å². The van der Waals surface area contributed by atoms with E-state index in [1.807, 2.05) is 0 Å². The molecule has 0 atom stereocenters. The van der Waals surface area contributed by atoms with Crippen LogP contribution in [0.5, 0.6) is 0 Å². The summed E-state index contributed by atoms with van der Waals surface area (Å²) in [5.74, 6) is 0. The zero-order valence-corrected chi connectivity index (χ0v) is 8.78. The summed E-state index contributed by atoms with van der Waals surface area (Å²) >= 11 is 0. The molecule has 0 aliphatic carbocycles. The summed E-state index contributed by atoms with van der Waals surface area (Å²) < 4.78 is 0. The van der Waals surface area contributed by atoms with Crippen molar-refractivity contribution in [1.82, 2.24) is 0 Å². The molecule has 0 aromatic rings. The van der Waals surface area contributed by atoms with E-state index >= 15 is 0 Å². The van der Waals surface area contributed by atoms with E-state index in [2.05, 4.69) is 6.92 Å². The molecule has 0 aliphatic rings. The van der Waals surface area contributed by atoms with Crippen LogP contribution in [0, 0.1) is 38.0 Å². The quantitative estimate of drug-likeness (QED) is 0.607. The fourth-order valence-corrected chi connectivity index (χ4v) is 0.321. The molecule has 0 amide bonds. The zero-order chi connectivity index (χ0) is 4.83. The number of hydrogen-bond acceptors (Lipinski definition) is 1. The Kier molecular flexibility index (Phi) is 15.7. The molecule has 0 radical (unpaired) electrons. The van der Waals surface area contributed by atoms with Crippen molar-refractivity contribution in [2.24, 2.45) is 5.73 Å². The fourth-order valence-electron chi connectivity index (χ4n) is 0.321. The Balaban J connectivity index is 0. The van der Waals surface area contributed by atoms with Crippen LogP contribution in [-0.4, -0.2) is 6.54 Å². The molecule has 0 fully saturated rings. The van der Waals surface area contributed by atoms with Crippen LogP contribution < -0.4 is 5.73 Å². The average molecular weight is 324 g/mol. The molecule has 0 spiro atoms. The van der Waals surface area contributed by atoms with E-state index in [-0.39, 0.29) is 31.1 Å². The van der Waals surface area contributed by atoms with Crippen LogP contribution in [0.15, 0.2) is 0 Å². The Morgan fingerprint density at radius 2 is 1.86 bits per heavy atom. The van der Waals surface area contributed by atoms with E-state index in [1.54, 1.807) is 0 Å². The van der Waals surface area contributed by atoms with Crippen molar-refractivity contribution in [3.8, 4) is 0 Å². The molecule has 1 nitrogen and oxygen atoms in total. The maximum atomic E-state index is 5.19. The molecule has 42 valence electrons. The molecule has 0 heterocycles. The molecule has 0 saturated heterocycles. The third-order valence-corrected chi connectivity index (χ3v) is 0.704. The van der Waals surface area contributed by atoms with E-state index in [9.17, 15) is 0 Å². The van der Waals surface area contributed by atoms with Gasteiger partial charge in [0, 0.05) is 31.1 Å². The summed E-state index contributed by atoms with van der Waals surface area (Å²) in [4.78, 5) is 0. The van der Waals surface area contributed by atoms with Gasteiger partial charge in [-0.3, -0.25) is 0 Å². The van der Waals surface area contributed by atoms with Crippen molar-refractivity contribution in [3.05, 3.63) is 6.92 Å². The van der Waals surface area contributed by atoms with E-state index in [0.717, 1.165) is 19.4 Å². The second-order valence-corrected chi connectivity index (χ2v) is 1.35. The van der Waals surface area contributed by atoms with Crippen molar-refractivity contribution < 1.29 is 31.1 Å². The molecule has 2 heteroatoms. The second kappa shape index (κ2) is 10.1.